The fourth-order valence-electron chi connectivity index (χ4n) is 2.71. The zero-order valence-electron chi connectivity index (χ0n) is 20.0. The van der Waals surface area contributed by atoms with Crippen LogP contribution in [-0.4, -0.2) is 83.4 Å². The van der Waals surface area contributed by atoms with Crippen molar-refractivity contribution in [3.05, 3.63) is 62.4 Å². The fourth-order valence-corrected chi connectivity index (χ4v) is 2.71. The minimum atomic E-state index is -7.12. The van der Waals surface area contributed by atoms with Crippen LogP contribution in [0.4, 0.5) is 52.7 Å². The molecule has 0 unspecified atom stereocenters. The molecule has 226 valence electrons. The Labute approximate surface area is 218 Å². The summed E-state index contributed by atoms with van der Waals surface area (Å²) in [7, 11) is 0. The van der Waals surface area contributed by atoms with Crippen molar-refractivity contribution < 1.29 is 71.8 Å². The first kappa shape index (κ1) is 36.3. The van der Waals surface area contributed by atoms with Gasteiger partial charge in [-0.25, -0.2) is 9.59 Å². The zero-order chi connectivity index (χ0) is 31.9. The maximum atomic E-state index is 14.4. The van der Waals surface area contributed by atoms with Crippen LogP contribution in [0.3, 0.4) is 0 Å². The lowest BCUT2D eigenvalue weighted by atomic mass is 10.0. The summed E-state index contributed by atoms with van der Waals surface area (Å²) in [5.74, 6) is -45.0. The van der Waals surface area contributed by atoms with E-state index in [1.165, 1.54) is 0 Å². The molecule has 1 amide bonds. The SMILES string of the molecule is C=CCN(CC=C)C(=O)C(F)(F)C(F)(F)C(F)(F)C(=O)OC(=O)C(F)(F)C(F)(F)C(=C(F)F)N(CC=C)CC=C. The predicted octanol–water partition coefficient (Wildman–Crippen LogP) is 5.22. The number of rotatable bonds is 16. The third-order valence-electron chi connectivity index (χ3n) is 4.63. The number of hydrogen-bond acceptors (Lipinski definition) is 5. The first-order chi connectivity index (χ1) is 18.1. The number of hydrogen-bond donors (Lipinski definition) is 0. The number of carbonyl (C=O) groups is 3. The number of ether oxygens (including phenoxy) is 1. The van der Waals surface area contributed by atoms with Gasteiger partial charge in [0.2, 0.25) is 0 Å². The minimum Gasteiger partial charge on any atom is -0.384 e. The second-order valence-electron chi connectivity index (χ2n) is 7.43. The number of nitrogens with zero attached hydrogens (tertiary/aromatic N) is 2. The van der Waals surface area contributed by atoms with Crippen LogP contribution in [0, 0.1) is 0 Å². The lowest BCUT2D eigenvalue weighted by Gasteiger charge is -2.34. The Morgan fingerprint density at radius 2 is 0.925 bits per heavy atom. The molecule has 0 rings (SSSR count). The molecule has 0 atom stereocenters. The fraction of sp³-hybridized carbons (Fsp3) is 0.409. The molecule has 0 radical (unpaired) electrons. The molecule has 0 fully saturated rings. The Kier molecular flexibility index (Phi) is 11.9. The quantitative estimate of drug-likeness (QED) is 0.105. The molecule has 0 spiro atoms. The minimum absolute atomic E-state index is 0.202. The van der Waals surface area contributed by atoms with E-state index < -0.39 is 85.4 Å². The molecule has 18 heteroatoms. The van der Waals surface area contributed by atoms with E-state index in [1.54, 1.807) is 0 Å². The van der Waals surface area contributed by atoms with Crippen molar-refractivity contribution in [2.45, 2.75) is 29.6 Å². The number of amides is 1. The summed E-state index contributed by atoms with van der Waals surface area (Å²) in [4.78, 5) is 34.4. The smallest absolute Gasteiger partial charge is 0.384 e. The maximum Gasteiger partial charge on any atom is 0.411 e. The van der Waals surface area contributed by atoms with Crippen molar-refractivity contribution in [1.29, 1.82) is 0 Å². The zero-order valence-corrected chi connectivity index (χ0v) is 20.0. The second-order valence-corrected chi connectivity index (χ2v) is 7.43. The lowest BCUT2D eigenvalue weighted by molar-refractivity contribution is -0.297. The molecule has 0 aromatic carbocycles. The summed E-state index contributed by atoms with van der Waals surface area (Å²) in [6, 6.07) is 0. The maximum absolute atomic E-state index is 14.4. The van der Waals surface area contributed by atoms with Crippen molar-refractivity contribution >= 4 is 17.8 Å². The molecule has 0 aromatic rings. The Bertz CT molecular complexity index is 1030. The van der Waals surface area contributed by atoms with Gasteiger partial charge in [0.15, 0.2) is 5.70 Å². The molecular weight excluding hydrogens is 584 g/mol. The number of carbonyl (C=O) groups excluding carboxylic acids is 3. The van der Waals surface area contributed by atoms with Gasteiger partial charge in [-0.2, -0.15) is 52.7 Å². The van der Waals surface area contributed by atoms with Gasteiger partial charge in [-0.1, -0.05) is 24.3 Å². The number of allylic oxidation sites excluding steroid dienone is 1. The molecule has 40 heavy (non-hydrogen) atoms. The van der Waals surface area contributed by atoms with Gasteiger partial charge in [-0.3, -0.25) is 4.79 Å². The van der Waals surface area contributed by atoms with Gasteiger partial charge in [-0.15, -0.1) is 26.3 Å². The van der Waals surface area contributed by atoms with Crippen LogP contribution in [0.2, 0.25) is 0 Å². The highest BCUT2D eigenvalue weighted by Gasteiger charge is 2.80. The van der Waals surface area contributed by atoms with E-state index in [9.17, 15) is 67.1 Å². The average molecular weight is 604 g/mol. The largest absolute Gasteiger partial charge is 0.411 e. The van der Waals surface area contributed by atoms with E-state index in [-0.39, 0.29) is 9.80 Å². The number of esters is 2. The van der Waals surface area contributed by atoms with Gasteiger partial charge < -0.3 is 14.5 Å². The van der Waals surface area contributed by atoms with E-state index in [0.29, 0.717) is 24.3 Å². The van der Waals surface area contributed by atoms with Gasteiger partial charge in [0.1, 0.15) is 0 Å². The summed E-state index contributed by atoms with van der Waals surface area (Å²) in [6.07, 6.45) is -0.865. The number of halogens is 12. The molecule has 0 aliphatic rings. The Hall–Kier alpha value is -3.73. The predicted molar refractivity (Wildman–Crippen MR) is 114 cm³/mol. The van der Waals surface area contributed by atoms with Crippen LogP contribution >= 0.6 is 0 Å². The van der Waals surface area contributed by atoms with E-state index in [0.717, 1.165) is 0 Å². The normalized spacial score (nSPS) is 12.6. The summed E-state index contributed by atoms with van der Waals surface area (Å²) in [5, 5.41) is 0. The topological polar surface area (TPSA) is 66.9 Å². The van der Waals surface area contributed by atoms with Crippen molar-refractivity contribution in [2.24, 2.45) is 0 Å². The summed E-state index contributed by atoms with van der Waals surface area (Å²) in [5.41, 5.74) is -2.90. The highest BCUT2D eigenvalue weighted by molar-refractivity contribution is 5.95. The molecule has 0 aliphatic heterocycles. The molecule has 0 aromatic heterocycles. The van der Waals surface area contributed by atoms with Gasteiger partial charge in [-0.05, 0) is 0 Å². The standard InChI is InChI=1S/C22H20F12N2O4/c1-5-9-35(10-6-2)13(14(23)24)18(25,26)20(29,30)16(38)40-17(39)21(31,32)22(33,34)19(27,28)15(37)36(11-7-3)12-8-4/h5-8H,1-4,9-12H2. The van der Waals surface area contributed by atoms with Gasteiger partial charge >= 0.3 is 41.6 Å². The van der Waals surface area contributed by atoms with Crippen LogP contribution in [0.1, 0.15) is 0 Å². The highest BCUT2D eigenvalue weighted by Crippen LogP contribution is 2.48. The third kappa shape index (κ3) is 6.70. The molecular formula is C22H20F12N2O4. The van der Waals surface area contributed by atoms with E-state index in [1.807, 2.05) is 0 Å². The average Bonchev–Trinajstić information content (AvgIpc) is 2.82. The van der Waals surface area contributed by atoms with Crippen LogP contribution in [0.5, 0.6) is 0 Å². The van der Waals surface area contributed by atoms with Crippen molar-refractivity contribution in [1.82, 2.24) is 9.80 Å². The molecule has 6 nitrogen and oxygen atoms in total. The molecule has 0 heterocycles. The molecule has 0 aliphatic carbocycles. The first-order valence-electron chi connectivity index (χ1n) is 10.3. The molecule has 0 bridgehead atoms. The van der Waals surface area contributed by atoms with Gasteiger partial charge in [0.25, 0.3) is 12.0 Å². The molecule has 0 saturated carbocycles. The van der Waals surface area contributed by atoms with Crippen LogP contribution in [-0.2, 0) is 19.1 Å². The summed E-state index contributed by atoms with van der Waals surface area (Å²) >= 11 is 0. The van der Waals surface area contributed by atoms with Gasteiger partial charge in [0.05, 0.1) is 0 Å². The first-order valence-corrected chi connectivity index (χ1v) is 10.3. The second kappa shape index (κ2) is 13.1. The highest BCUT2D eigenvalue weighted by atomic mass is 19.3. The summed E-state index contributed by atoms with van der Waals surface area (Å²) in [6.45, 7) is 8.07. The van der Waals surface area contributed by atoms with Gasteiger partial charge in [0, 0.05) is 26.2 Å². The third-order valence-corrected chi connectivity index (χ3v) is 4.63. The monoisotopic (exact) mass is 604 g/mol. The molecule has 0 N–H and O–H groups in total. The Morgan fingerprint density at radius 3 is 1.27 bits per heavy atom. The van der Waals surface area contributed by atoms with Crippen molar-refractivity contribution in [2.75, 3.05) is 26.2 Å². The summed E-state index contributed by atoms with van der Waals surface area (Å²) < 4.78 is 171. The number of alkyl halides is 10. The van der Waals surface area contributed by atoms with Crippen LogP contribution in [0.25, 0.3) is 0 Å². The van der Waals surface area contributed by atoms with Crippen LogP contribution in [0.15, 0.2) is 62.4 Å². The molecule has 0 saturated heterocycles. The van der Waals surface area contributed by atoms with E-state index in [4.69, 9.17) is 0 Å². The van der Waals surface area contributed by atoms with Crippen LogP contribution < -0.4 is 0 Å². The van der Waals surface area contributed by atoms with Crippen molar-refractivity contribution in [3.8, 4) is 0 Å². The van der Waals surface area contributed by atoms with E-state index in [2.05, 4.69) is 31.1 Å². The lowest BCUT2D eigenvalue weighted by Crippen LogP contribution is -2.64. The van der Waals surface area contributed by atoms with Crippen molar-refractivity contribution in [3.63, 3.8) is 0 Å². The Morgan fingerprint density at radius 1 is 0.575 bits per heavy atom. The Balaban J connectivity index is 6.43. The van der Waals surface area contributed by atoms with E-state index >= 15 is 0 Å².